The highest BCUT2D eigenvalue weighted by Crippen LogP contribution is 2.32. The Bertz CT molecular complexity index is 373. The summed E-state index contributed by atoms with van der Waals surface area (Å²) in [6.07, 6.45) is 10.9. The molecule has 1 aliphatic heterocycles. The normalized spacial score (nSPS) is 17.6. The van der Waals surface area contributed by atoms with Crippen molar-refractivity contribution in [2.75, 3.05) is 19.6 Å². The fraction of sp³-hybridized carbons (Fsp3) is 0.900. The number of unbranched alkanes of at least 4 members (excludes halogenated alkanes) is 4. The van der Waals surface area contributed by atoms with E-state index in [0.29, 0.717) is 6.42 Å². The molecular weight excluding hydrogens is 302 g/mol. The zero-order valence-electron chi connectivity index (χ0n) is 16.1. The lowest BCUT2D eigenvalue weighted by Gasteiger charge is -2.41. The molecule has 0 atom stereocenters. The number of rotatable bonds is 12. The molecule has 0 unspecified atom stereocenters. The number of esters is 1. The van der Waals surface area contributed by atoms with Crippen LogP contribution in [-0.4, -0.2) is 41.9 Å². The topological polar surface area (TPSA) is 46.6 Å². The zero-order valence-corrected chi connectivity index (χ0v) is 16.1. The van der Waals surface area contributed by atoms with Gasteiger partial charge in [-0.1, -0.05) is 46.0 Å². The van der Waals surface area contributed by atoms with E-state index in [-0.39, 0.29) is 23.8 Å². The number of ketones is 1. The molecule has 1 fully saturated rings. The number of hydrogen-bond acceptors (Lipinski definition) is 4. The number of hydrogen-bond donors (Lipinski definition) is 0. The quantitative estimate of drug-likeness (QED) is 0.388. The second-order valence-corrected chi connectivity index (χ2v) is 7.36. The maximum absolute atomic E-state index is 12.1. The van der Waals surface area contributed by atoms with Crippen LogP contribution in [0.2, 0.25) is 0 Å². The van der Waals surface area contributed by atoms with Gasteiger partial charge in [0, 0.05) is 19.5 Å². The fourth-order valence-corrected chi connectivity index (χ4v) is 3.55. The number of carbonyl (C=O) groups excluding carboxylic acids is 2. The van der Waals surface area contributed by atoms with Crippen LogP contribution in [0.1, 0.15) is 91.4 Å². The molecule has 4 nitrogen and oxygen atoms in total. The molecule has 0 N–H and O–H groups in total. The molecular formula is C20H37NO3. The third-order valence-corrected chi connectivity index (χ3v) is 5.06. The van der Waals surface area contributed by atoms with Crippen molar-refractivity contribution in [3.05, 3.63) is 0 Å². The molecule has 0 saturated carbocycles. The molecule has 1 saturated heterocycles. The molecule has 0 aromatic rings. The lowest BCUT2D eigenvalue weighted by Crippen LogP contribution is -2.47. The average molecular weight is 340 g/mol. The highest BCUT2D eigenvalue weighted by atomic mass is 16.6. The molecule has 4 heteroatoms. The van der Waals surface area contributed by atoms with Crippen LogP contribution in [0.4, 0.5) is 0 Å². The minimum absolute atomic E-state index is 0.0504. The highest BCUT2D eigenvalue weighted by molar-refractivity contribution is 5.81. The zero-order chi connectivity index (χ0) is 17.8. The summed E-state index contributed by atoms with van der Waals surface area (Å²) in [6, 6.07) is 0. The maximum atomic E-state index is 12.1. The summed E-state index contributed by atoms with van der Waals surface area (Å²) in [5, 5.41) is 0. The molecule has 1 heterocycles. The van der Waals surface area contributed by atoms with Crippen molar-refractivity contribution in [2.24, 2.45) is 0 Å². The first kappa shape index (κ1) is 21.1. The summed E-state index contributed by atoms with van der Waals surface area (Å²) in [6.45, 7) is 9.13. The molecule has 1 aliphatic rings. The highest BCUT2D eigenvalue weighted by Gasteiger charge is 2.37. The number of ether oxygens (including phenoxy) is 1. The summed E-state index contributed by atoms with van der Waals surface area (Å²) in [5.74, 6) is -0.152. The van der Waals surface area contributed by atoms with Crippen LogP contribution in [0.5, 0.6) is 0 Å². The van der Waals surface area contributed by atoms with Gasteiger partial charge in [0.1, 0.15) is 11.4 Å². The third-order valence-electron chi connectivity index (χ3n) is 5.06. The molecule has 140 valence electrons. The third kappa shape index (κ3) is 8.27. The van der Waals surface area contributed by atoms with E-state index in [1.54, 1.807) is 0 Å². The fourth-order valence-electron chi connectivity index (χ4n) is 3.55. The van der Waals surface area contributed by atoms with Crippen molar-refractivity contribution in [3.63, 3.8) is 0 Å². The summed E-state index contributed by atoms with van der Waals surface area (Å²) < 4.78 is 5.86. The van der Waals surface area contributed by atoms with Gasteiger partial charge in [0.2, 0.25) is 0 Å². The first-order valence-corrected chi connectivity index (χ1v) is 9.95. The lowest BCUT2D eigenvalue weighted by molar-refractivity contribution is -0.166. The van der Waals surface area contributed by atoms with E-state index in [2.05, 4.69) is 18.7 Å². The second-order valence-electron chi connectivity index (χ2n) is 7.36. The van der Waals surface area contributed by atoms with Crippen molar-refractivity contribution >= 4 is 11.8 Å². The Morgan fingerprint density at radius 1 is 0.958 bits per heavy atom. The Kier molecular flexibility index (Phi) is 10.2. The van der Waals surface area contributed by atoms with Crippen LogP contribution < -0.4 is 0 Å². The van der Waals surface area contributed by atoms with Gasteiger partial charge in [-0.2, -0.15) is 0 Å². The van der Waals surface area contributed by atoms with Gasteiger partial charge >= 0.3 is 5.97 Å². The molecule has 0 radical (unpaired) electrons. The van der Waals surface area contributed by atoms with Crippen LogP contribution >= 0.6 is 0 Å². The minimum Gasteiger partial charge on any atom is -0.459 e. The second kappa shape index (κ2) is 11.6. The minimum atomic E-state index is -0.290. The molecule has 1 rings (SSSR count). The molecule has 0 aliphatic carbocycles. The smallest absolute Gasteiger partial charge is 0.306 e. The van der Waals surface area contributed by atoms with Gasteiger partial charge in [-0.25, -0.2) is 0 Å². The molecule has 0 aromatic carbocycles. The van der Waals surface area contributed by atoms with Gasteiger partial charge in [-0.15, -0.1) is 0 Å². The van der Waals surface area contributed by atoms with E-state index in [1.165, 1.54) is 45.6 Å². The first-order chi connectivity index (χ1) is 11.5. The molecule has 0 bridgehead atoms. The van der Waals surface area contributed by atoms with Crippen molar-refractivity contribution in [3.8, 4) is 0 Å². The number of Topliss-reactive ketones (excluding diaryl/α,β-unsaturated/α-hetero) is 1. The molecule has 0 amide bonds. The Morgan fingerprint density at radius 2 is 1.62 bits per heavy atom. The van der Waals surface area contributed by atoms with Gasteiger partial charge in [0.05, 0.1) is 6.42 Å². The Hall–Kier alpha value is -0.900. The number of piperidine rings is 1. The van der Waals surface area contributed by atoms with E-state index in [4.69, 9.17) is 4.74 Å². The van der Waals surface area contributed by atoms with Crippen molar-refractivity contribution in [1.29, 1.82) is 0 Å². The van der Waals surface area contributed by atoms with E-state index >= 15 is 0 Å². The Balaban J connectivity index is 2.36. The number of carbonyl (C=O) groups is 2. The first-order valence-electron chi connectivity index (χ1n) is 9.95. The van der Waals surface area contributed by atoms with E-state index < -0.39 is 0 Å². The lowest BCUT2D eigenvalue weighted by atomic mass is 9.86. The van der Waals surface area contributed by atoms with Crippen LogP contribution in [-0.2, 0) is 14.3 Å². The van der Waals surface area contributed by atoms with E-state index in [1.807, 2.05) is 0 Å². The Morgan fingerprint density at radius 3 is 2.21 bits per heavy atom. The predicted octanol–water partition coefficient (Wildman–Crippen LogP) is 4.50. The summed E-state index contributed by atoms with van der Waals surface area (Å²) in [5.41, 5.74) is -0.290. The SMILES string of the molecule is CCCCCCCN1CCC(CCC)(OC(=O)CCC(C)=O)CC1. The predicted molar refractivity (Wildman–Crippen MR) is 98.1 cm³/mol. The van der Waals surface area contributed by atoms with Crippen LogP contribution in [0.15, 0.2) is 0 Å². The number of likely N-dealkylation sites (tertiary alicyclic amines) is 1. The Labute approximate surface area is 148 Å². The van der Waals surface area contributed by atoms with Gasteiger partial charge < -0.3 is 14.4 Å². The standard InChI is InChI=1S/C20H37NO3/c1-4-6-7-8-9-15-21-16-13-20(12-5-2,14-17-21)24-19(23)11-10-18(3)22/h4-17H2,1-3H3. The monoisotopic (exact) mass is 339 g/mol. The van der Waals surface area contributed by atoms with Crippen molar-refractivity contribution < 1.29 is 14.3 Å². The summed E-state index contributed by atoms with van der Waals surface area (Å²) >= 11 is 0. The molecule has 0 aromatic heterocycles. The van der Waals surface area contributed by atoms with E-state index in [9.17, 15) is 9.59 Å². The van der Waals surface area contributed by atoms with Crippen LogP contribution in [0.3, 0.4) is 0 Å². The van der Waals surface area contributed by atoms with E-state index in [0.717, 1.165) is 38.8 Å². The summed E-state index contributed by atoms with van der Waals surface area (Å²) in [7, 11) is 0. The summed E-state index contributed by atoms with van der Waals surface area (Å²) in [4.78, 5) is 25.6. The van der Waals surface area contributed by atoms with Gasteiger partial charge in [-0.05, 0) is 39.2 Å². The largest absolute Gasteiger partial charge is 0.459 e. The van der Waals surface area contributed by atoms with Gasteiger partial charge in [0.25, 0.3) is 0 Å². The molecule has 0 spiro atoms. The number of nitrogens with zero attached hydrogens (tertiary/aromatic N) is 1. The van der Waals surface area contributed by atoms with Crippen molar-refractivity contribution in [2.45, 2.75) is 97.0 Å². The molecule has 24 heavy (non-hydrogen) atoms. The maximum Gasteiger partial charge on any atom is 0.306 e. The van der Waals surface area contributed by atoms with Crippen LogP contribution in [0.25, 0.3) is 0 Å². The van der Waals surface area contributed by atoms with Crippen molar-refractivity contribution in [1.82, 2.24) is 4.90 Å². The van der Waals surface area contributed by atoms with Crippen LogP contribution in [0, 0.1) is 0 Å². The average Bonchev–Trinajstić information content (AvgIpc) is 2.55. The van der Waals surface area contributed by atoms with Gasteiger partial charge in [-0.3, -0.25) is 4.79 Å². The van der Waals surface area contributed by atoms with Gasteiger partial charge in [0.15, 0.2) is 0 Å².